The van der Waals surface area contributed by atoms with Crippen LogP contribution < -0.4 is 4.90 Å². The second kappa shape index (κ2) is 8.70. The Morgan fingerprint density at radius 2 is 1.30 bits per heavy atom. The van der Waals surface area contributed by atoms with E-state index in [1.54, 1.807) is 30.5 Å². The highest BCUT2D eigenvalue weighted by Crippen LogP contribution is 2.64. The number of hydrogen-bond donors (Lipinski definition) is 0. The zero-order valence-electron chi connectivity index (χ0n) is 23.5. The van der Waals surface area contributed by atoms with Crippen LogP contribution in [0, 0.1) is 46.8 Å². The van der Waals surface area contributed by atoms with Crippen LogP contribution in [0.15, 0.2) is 90.0 Å². The summed E-state index contributed by atoms with van der Waals surface area (Å²) in [6, 6.07) is 24.3. The van der Waals surface area contributed by atoms with Crippen molar-refractivity contribution in [2.75, 3.05) is 4.90 Å². The fraction of sp³-hybridized carbons (Fsp3) is 0.278. The molecule has 0 aromatic heterocycles. The lowest BCUT2D eigenvalue weighted by Gasteiger charge is -2.52. The van der Waals surface area contributed by atoms with E-state index >= 15 is 0 Å². The number of hydrogen-bond acceptors (Lipinski definition) is 6. The number of carbonyl (C=O) groups is 4. The molecule has 0 radical (unpaired) electrons. The monoisotopic (exact) mass is 578 g/mol. The first-order valence-corrected chi connectivity index (χ1v) is 15.1. The van der Waals surface area contributed by atoms with Gasteiger partial charge < -0.3 is 0 Å². The highest BCUT2D eigenvalue weighted by atomic mass is 16.2. The van der Waals surface area contributed by atoms with Gasteiger partial charge in [-0.3, -0.25) is 19.2 Å². The van der Waals surface area contributed by atoms with E-state index in [0.717, 1.165) is 40.1 Å². The fourth-order valence-corrected chi connectivity index (χ4v) is 9.37. The van der Waals surface area contributed by atoms with Crippen LogP contribution in [-0.4, -0.2) is 34.9 Å². The summed E-state index contributed by atoms with van der Waals surface area (Å²) >= 11 is 0. The van der Waals surface area contributed by atoms with Gasteiger partial charge in [-0.15, -0.1) is 0 Å². The summed E-state index contributed by atoms with van der Waals surface area (Å²) in [6.45, 7) is 0. The van der Waals surface area contributed by atoms with E-state index in [2.05, 4.69) is 18.2 Å². The van der Waals surface area contributed by atoms with Crippen molar-refractivity contribution in [2.24, 2.45) is 40.6 Å². The molecule has 3 aromatic carbocycles. The zero-order valence-corrected chi connectivity index (χ0v) is 23.5. The molecule has 8 aliphatic rings. The second-order valence-corrected chi connectivity index (χ2v) is 12.7. The highest BCUT2D eigenvalue weighted by Gasteiger charge is 2.68. The van der Waals surface area contributed by atoms with Gasteiger partial charge in [0.05, 0.1) is 40.3 Å². The lowest BCUT2D eigenvalue weighted by Crippen LogP contribution is -2.55. The van der Waals surface area contributed by atoms with Crippen molar-refractivity contribution in [3.05, 3.63) is 113 Å². The molecule has 2 saturated heterocycles. The Balaban J connectivity index is 1.25. The molecule has 3 aromatic rings. The number of fused-ring (bicyclic) bond motifs is 1. The molecule has 6 atom stereocenters. The number of imide groups is 2. The van der Waals surface area contributed by atoms with Gasteiger partial charge in [-0.05, 0) is 59.1 Å². The SMILES string of the molecule is N#Cc1ccccc1N1C(=O)[C@@H]2C3c4ccccc4C(/C=N\N4C(=O)[C@H]5[C@H](C4=O)[C@H]4C=C[C@H]5CC4)(c4ccccc43)[C@@H]2C1=O. The van der Waals surface area contributed by atoms with E-state index in [-0.39, 0.29) is 46.7 Å². The van der Waals surface area contributed by atoms with Crippen molar-refractivity contribution < 1.29 is 19.2 Å². The first-order valence-electron chi connectivity index (χ1n) is 15.1. The molecule has 3 fully saturated rings. The number of anilines is 1. The van der Waals surface area contributed by atoms with Crippen LogP contribution in [0.25, 0.3) is 0 Å². The van der Waals surface area contributed by atoms with Gasteiger partial charge in [0.1, 0.15) is 6.07 Å². The van der Waals surface area contributed by atoms with Crippen LogP contribution in [0.2, 0.25) is 0 Å². The number of carbonyl (C=O) groups excluding carboxylic acids is 4. The molecule has 1 saturated carbocycles. The summed E-state index contributed by atoms with van der Waals surface area (Å²) < 4.78 is 0. The highest BCUT2D eigenvalue weighted by molar-refractivity contribution is 6.25. The molecule has 11 rings (SSSR count). The summed E-state index contributed by atoms with van der Waals surface area (Å²) in [6.07, 6.45) is 7.51. The van der Waals surface area contributed by atoms with E-state index in [1.165, 1.54) is 4.90 Å². The maximum Gasteiger partial charge on any atom is 0.254 e. The Morgan fingerprint density at radius 3 is 1.89 bits per heavy atom. The zero-order chi connectivity index (χ0) is 29.9. The van der Waals surface area contributed by atoms with Gasteiger partial charge in [-0.2, -0.15) is 15.4 Å². The third-order valence-corrected chi connectivity index (χ3v) is 11.1. The van der Waals surface area contributed by atoms with Gasteiger partial charge in [0.2, 0.25) is 11.8 Å². The second-order valence-electron chi connectivity index (χ2n) is 12.7. The van der Waals surface area contributed by atoms with Crippen LogP contribution in [0.1, 0.15) is 46.6 Å². The molecule has 0 unspecified atom stereocenters. The van der Waals surface area contributed by atoms with Gasteiger partial charge >= 0.3 is 0 Å². The van der Waals surface area contributed by atoms with Crippen molar-refractivity contribution >= 4 is 35.5 Å². The normalized spacial score (nSPS) is 33.9. The van der Waals surface area contributed by atoms with Gasteiger partial charge in [0.25, 0.3) is 11.8 Å². The first-order chi connectivity index (χ1) is 21.5. The number of para-hydroxylation sites is 1. The molecule has 214 valence electrons. The summed E-state index contributed by atoms with van der Waals surface area (Å²) in [4.78, 5) is 57.7. The van der Waals surface area contributed by atoms with Crippen molar-refractivity contribution in [1.82, 2.24) is 5.01 Å². The maximum absolute atomic E-state index is 14.6. The van der Waals surface area contributed by atoms with Crippen molar-refractivity contribution in [2.45, 2.75) is 24.2 Å². The predicted molar refractivity (Wildman–Crippen MR) is 159 cm³/mol. The number of rotatable bonds is 3. The minimum atomic E-state index is -1.22. The van der Waals surface area contributed by atoms with Gasteiger partial charge in [0, 0.05) is 12.1 Å². The van der Waals surface area contributed by atoms with Crippen LogP contribution in [0.3, 0.4) is 0 Å². The van der Waals surface area contributed by atoms with E-state index in [9.17, 15) is 24.4 Å². The smallest absolute Gasteiger partial charge is 0.254 e. The molecule has 6 aliphatic carbocycles. The number of nitriles is 1. The molecule has 44 heavy (non-hydrogen) atoms. The maximum atomic E-state index is 14.6. The molecule has 8 nitrogen and oxygen atoms in total. The van der Waals surface area contributed by atoms with E-state index < -0.39 is 35.0 Å². The Labute approximate surface area is 253 Å². The molecule has 4 bridgehead atoms. The van der Waals surface area contributed by atoms with Crippen LogP contribution >= 0.6 is 0 Å². The summed E-state index contributed by atoms with van der Waals surface area (Å²) in [7, 11) is 0. The Bertz CT molecular complexity index is 1880. The Hall–Kier alpha value is -5.16. The Kier molecular flexibility index (Phi) is 5.01. The van der Waals surface area contributed by atoms with E-state index in [0.29, 0.717) is 0 Å². The summed E-state index contributed by atoms with van der Waals surface area (Å²) in [5.41, 5.74) is 2.79. The molecule has 0 N–H and O–H groups in total. The topological polar surface area (TPSA) is 111 Å². The minimum absolute atomic E-state index is 0.0264. The van der Waals surface area contributed by atoms with Crippen molar-refractivity contribution in [1.29, 1.82) is 5.26 Å². The standard InChI is InChI=1S/C36H26N4O4/c37-17-21-7-1-6-12-26(21)39-32(41)30-29-22-8-2-4-10-24(22)36(31(30)35(39)44,25-11-5-3-9-23(25)29)18-38-40-33(42)27-19-13-14-20(16-15-19)28(27)34(40)43/h1-14,18-20,27-31H,15-16H2/b38-18-/t19-,20-,27+,28+,29?,30+,31-,36?/m0/s1. The van der Waals surface area contributed by atoms with Crippen LogP contribution in [0.5, 0.6) is 0 Å². The van der Waals surface area contributed by atoms with Crippen molar-refractivity contribution in [3.8, 4) is 6.07 Å². The number of amides is 4. The first kappa shape index (κ1) is 25.3. The largest absolute Gasteiger partial charge is 0.274 e. The number of nitrogens with zero attached hydrogens (tertiary/aromatic N) is 4. The predicted octanol–water partition coefficient (Wildman–Crippen LogP) is 4.29. The number of hydrazone groups is 1. The molecular weight excluding hydrogens is 552 g/mol. The molecule has 2 aliphatic heterocycles. The number of allylic oxidation sites excluding steroid dienone is 2. The van der Waals surface area contributed by atoms with Crippen molar-refractivity contribution in [3.63, 3.8) is 0 Å². The number of benzene rings is 3. The van der Waals surface area contributed by atoms with Gasteiger partial charge in [0.15, 0.2) is 0 Å². The third kappa shape index (κ3) is 2.90. The lowest BCUT2D eigenvalue weighted by molar-refractivity contribution is -0.140. The Morgan fingerprint density at radius 1 is 0.727 bits per heavy atom. The van der Waals surface area contributed by atoms with Crippen LogP contribution in [-0.2, 0) is 24.6 Å². The quantitative estimate of drug-likeness (QED) is 0.262. The molecule has 4 amide bonds. The van der Waals surface area contributed by atoms with Gasteiger partial charge in [-0.1, -0.05) is 72.8 Å². The fourth-order valence-electron chi connectivity index (χ4n) is 9.37. The molecule has 8 heteroatoms. The molecular formula is C36H26N4O4. The van der Waals surface area contributed by atoms with E-state index in [4.69, 9.17) is 5.10 Å². The minimum Gasteiger partial charge on any atom is -0.274 e. The van der Waals surface area contributed by atoms with Gasteiger partial charge in [-0.25, -0.2) is 4.90 Å². The summed E-state index contributed by atoms with van der Waals surface area (Å²) in [5, 5.41) is 15.6. The average molecular weight is 579 g/mol. The van der Waals surface area contributed by atoms with E-state index in [1.807, 2.05) is 48.5 Å². The lowest BCUT2D eigenvalue weighted by atomic mass is 9.47. The summed E-state index contributed by atoms with van der Waals surface area (Å²) in [5.74, 6) is -4.16. The van der Waals surface area contributed by atoms with Crippen LogP contribution in [0.4, 0.5) is 5.69 Å². The molecule has 2 heterocycles. The average Bonchev–Trinajstić information content (AvgIpc) is 3.50. The third-order valence-electron chi connectivity index (χ3n) is 11.1. The molecule has 0 spiro atoms.